The number of hydrogen-bond donors (Lipinski definition) is 0. The average molecular weight is 675 g/mol. The Balaban J connectivity index is 1.27. The summed E-state index contributed by atoms with van der Waals surface area (Å²) in [6.45, 7) is 0. The highest BCUT2D eigenvalue weighted by molar-refractivity contribution is 6.38. The van der Waals surface area contributed by atoms with E-state index >= 15 is 0 Å². The molecule has 0 aliphatic rings. The summed E-state index contributed by atoms with van der Waals surface area (Å²) in [6.07, 6.45) is 0. The van der Waals surface area contributed by atoms with Crippen LogP contribution >= 0.6 is 0 Å². The first-order valence-corrected chi connectivity index (χ1v) is 18.0. The van der Waals surface area contributed by atoms with Gasteiger partial charge in [0.15, 0.2) is 5.58 Å². The molecule has 0 bridgehead atoms. The van der Waals surface area contributed by atoms with Gasteiger partial charge in [-0.25, -0.2) is 9.97 Å². The van der Waals surface area contributed by atoms with Crippen molar-refractivity contribution < 1.29 is 4.42 Å². The van der Waals surface area contributed by atoms with Gasteiger partial charge >= 0.3 is 0 Å². The lowest BCUT2D eigenvalue weighted by Gasteiger charge is -2.10. The van der Waals surface area contributed by atoms with Gasteiger partial charge in [0.2, 0.25) is 5.95 Å². The normalized spacial score (nSPS) is 12.5. The number of para-hydroxylation sites is 3. The van der Waals surface area contributed by atoms with Gasteiger partial charge in [-0.2, -0.15) is 0 Å². The molecule has 13 rings (SSSR count). The molecule has 244 valence electrons. The summed E-state index contributed by atoms with van der Waals surface area (Å²) in [5.41, 5.74) is 9.87. The fourth-order valence-electron chi connectivity index (χ4n) is 9.20. The van der Waals surface area contributed by atoms with E-state index in [0.29, 0.717) is 11.5 Å². The highest BCUT2D eigenvalue weighted by Crippen LogP contribution is 2.48. The number of aromatic nitrogens is 4. The number of benzene rings is 8. The second-order valence-corrected chi connectivity index (χ2v) is 14.1. The van der Waals surface area contributed by atoms with E-state index in [1.807, 2.05) is 18.2 Å². The number of hydrogen-bond acceptors (Lipinski definition) is 3. The van der Waals surface area contributed by atoms with Crippen LogP contribution in [0.2, 0.25) is 0 Å². The van der Waals surface area contributed by atoms with Crippen LogP contribution in [0.15, 0.2) is 162 Å². The van der Waals surface area contributed by atoms with Crippen LogP contribution < -0.4 is 0 Å². The number of rotatable bonds is 2. The maximum atomic E-state index is 6.60. The molecule has 5 aromatic heterocycles. The molecule has 5 heteroatoms. The molecule has 0 aliphatic carbocycles. The van der Waals surface area contributed by atoms with Crippen LogP contribution in [0.3, 0.4) is 0 Å². The lowest BCUT2D eigenvalue weighted by atomic mass is 9.99. The Hall–Kier alpha value is -7.24. The summed E-state index contributed by atoms with van der Waals surface area (Å²) in [5.74, 6) is 0.615. The average Bonchev–Trinajstić information content (AvgIpc) is 3.95. The highest BCUT2D eigenvalue weighted by atomic mass is 16.3. The Morgan fingerprint density at radius 3 is 1.98 bits per heavy atom. The minimum Gasteiger partial charge on any atom is -0.452 e. The molecule has 0 saturated heterocycles. The van der Waals surface area contributed by atoms with E-state index in [2.05, 4.69) is 148 Å². The Kier molecular flexibility index (Phi) is 5.06. The van der Waals surface area contributed by atoms with E-state index in [9.17, 15) is 0 Å². The molecule has 0 radical (unpaired) electrons. The van der Waals surface area contributed by atoms with Crippen LogP contribution in [0.5, 0.6) is 0 Å². The molecular formula is C48H26N4O. The van der Waals surface area contributed by atoms with Crippen LogP contribution in [0.4, 0.5) is 0 Å². The van der Waals surface area contributed by atoms with E-state index in [0.717, 1.165) is 44.2 Å². The standard InChI is InChI=1S/C48H26N4O/c1-2-13-29-25-30(22-21-27(29)11-1)44-47-45(34-17-7-10-20-40(34)53-47)50-48(49-44)52-38-24-23-28-12-3-4-14-31(28)41(38)43-39(52)26-35-32-15-5-8-18-36(32)51-37-19-9-6-16-33(37)42(43)46(35)51/h1-26H. The first kappa shape index (κ1) is 27.5. The van der Waals surface area contributed by atoms with Crippen molar-refractivity contribution in [3.05, 3.63) is 158 Å². The van der Waals surface area contributed by atoms with Gasteiger partial charge < -0.3 is 8.82 Å². The largest absolute Gasteiger partial charge is 0.452 e. The molecule has 0 amide bonds. The van der Waals surface area contributed by atoms with E-state index in [1.54, 1.807) is 0 Å². The summed E-state index contributed by atoms with van der Waals surface area (Å²) in [4.78, 5) is 10.9. The Bertz CT molecular complexity index is 3700. The summed E-state index contributed by atoms with van der Waals surface area (Å²) < 4.78 is 11.4. The molecule has 53 heavy (non-hydrogen) atoms. The van der Waals surface area contributed by atoms with Gasteiger partial charge in [0.25, 0.3) is 0 Å². The molecule has 0 fully saturated rings. The van der Waals surface area contributed by atoms with E-state index in [1.165, 1.54) is 65.0 Å². The Morgan fingerprint density at radius 1 is 0.434 bits per heavy atom. The SMILES string of the molecule is c1ccc2cc(-c3nc(-n4c5ccc6ccccc6c5c5c6c7ccccc7n7c8ccccc8c(cc54)c67)nc4c3oc3ccccc34)ccc2c1. The van der Waals surface area contributed by atoms with E-state index in [-0.39, 0.29) is 0 Å². The van der Waals surface area contributed by atoms with Gasteiger partial charge in [-0.05, 0) is 64.0 Å². The third-order valence-electron chi connectivity index (χ3n) is 11.4. The van der Waals surface area contributed by atoms with E-state index < -0.39 is 0 Å². The van der Waals surface area contributed by atoms with Crippen LogP contribution in [-0.2, 0) is 0 Å². The zero-order chi connectivity index (χ0) is 34.4. The zero-order valence-electron chi connectivity index (χ0n) is 28.2. The summed E-state index contributed by atoms with van der Waals surface area (Å²) >= 11 is 0. The van der Waals surface area contributed by atoms with Crippen molar-refractivity contribution in [2.45, 2.75) is 0 Å². The molecule has 5 heterocycles. The molecular weight excluding hydrogens is 649 g/mol. The maximum absolute atomic E-state index is 6.60. The molecule has 8 aromatic carbocycles. The van der Waals surface area contributed by atoms with Crippen molar-refractivity contribution in [2.24, 2.45) is 0 Å². The minimum atomic E-state index is 0.615. The Labute approximate surface area is 300 Å². The lowest BCUT2D eigenvalue weighted by Crippen LogP contribution is -2.03. The van der Waals surface area contributed by atoms with Crippen molar-refractivity contribution in [1.82, 2.24) is 18.9 Å². The molecule has 0 unspecified atom stereocenters. The van der Waals surface area contributed by atoms with Gasteiger partial charge in [0.05, 0.1) is 27.6 Å². The highest BCUT2D eigenvalue weighted by Gasteiger charge is 2.27. The third-order valence-corrected chi connectivity index (χ3v) is 11.4. The molecule has 0 spiro atoms. The Morgan fingerprint density at radius 2 is 1.11 bits per heavy atom. The van der Waals surface area contributed by atoms with Crippen LogP contribution in [0.1, 0.15) is 0 Å². The lowest BCUT2D eigenvalue weighted by molar-refractivity contribution is 0.666. The monoisotopic (exact) mass is 674 g/mol. The van der Waals surface area contributed by atoms with Gasteiger partial charge in [-0.15, -0.1) is 0 Å². The quantitative estimate of drug-likeness (QED) is 0.183. The van der Waals surface area contributed by atoms with Crippen molar-refractivity contribution in [3.8, 4) is 17.2 Å². The predicted octanol–water partition coefficient (Wildman–Crippen LogP) is 12.6. The topological polar surface area (TPSA) is 48.3 Å². The van der Waals surface area contributed by atoms with Gasteiger partial charge in [0, 0.05) is 43.3 Å². The van der Waals surface area contributed by atoms with Crippen molar-refractivity contribution in [2.75, 3.05) is 0 Å². The van der Waals surface area contributed by atoms with Crippen molar-refractivity contribution in [1.29, 1.82) is 0 Å². The van der Waals surface area contributed by atoms with Crippen LogP contribution in [-0.4, -0.2) is 18.9 Å². The number of furan rings is 1. The van der Waals surface area contributed by atoms with E-state index in [4.69, 9.17) is 14.4 Å². The van der Waals surface area contributed by atoms with Crippen LogP contribution in [0.25, 0.3) is 121 Å². The number of nitrogens with zero attached hydrogens (tertiary/aromatic N) is 4. The summed E-state index contributed by atoms with van der Waals surface area (Å²) in [7, 11) is 0. The second kappa shape index (κ2) is 9.75. The molecule has 0 saturated carbocycles. The smallest absolute Gasteiger partial charge is 0.236 e. The van der Waals surface area contributed by atoms with Gasteiger partial charge in [-0.1, -0.05) is 115 Å². The number of fused-ring (bicyclic) bond motifs is 16. The molecule has 0 atom stereocenters. The molecule has 0 aliphatic heterocycles. The van der Waals surface area contributed by atoms with Crippen LogP contribution in [0, 0.1) is 0 Å². The molecule has 0 N–H and O–H groups in total. The third kappa shape index (κ3) is 3.46. The summed E-state index contributed by atoms with van der Waals surface area (Å²) in [5, 5.41) is 13.1. The van der Waals surface area contributed by atoms with Gasteiger partial charge in [-0.3, -0.25) is 4.57 Å². The molecule has 13 aromatic rings. The van der Waals surface area contributed by atoms with Gasteiger partial charge in [0.1, 0.15) is 16.8 Å². The van der Waals surface area contributed by atoms with Crippen molar-refractivity contribution >= 4 is 104 Å². The molecule has 5 nitrogen and oxygen atoms in total. The first-order valence-electron chi connectivity index (χ1n) is 18.0. The van der Waals surface area contributed by atoms with Crippen molar-refractivity contribution in [3.63, 3.8) is 0 Å². The summed E-state index contributed by atoms with van der Waals surface area (Å²) in [6, 6.07) is 56.3. The fraction of sp³-hybridized carbons (Fsp3) is 0. The zero-order valence-corrected chi connectivity index (χ0v) is 28.2. The predicted molar refractivity (Wildman–Crippen MR) is 219 cm³/mol. The fourth-order valence-corrected chi connectivity index (χ4v) is 9.20. The minimum absolute atomic E-state index is 0.615. The second-order valence-electron chi connectivity index (χ2n) is 14.1. The maximum Gasteiger partial charge on any atom is 0.236 e. The first-order chi connectivity index (χ1) is 26.3.